The molecule has 0 aromatic carbocycles. The highest BCUT2D eigenvalue weighted by atomic mass is 16.6. The van der Waals surface area contributed by atoms with E-state index >= 15 is 0 Å². The van der Waals surface area contributed by atoms with Crippen LogP contribution >= 0.6 is 0 Å². The van der Waals surface area contributed by atoms with Crippen LogP contribution in [0.3, 0.4) is 0 Å². The molecule has 2 aliphatic carbocycles. The van der Waals surface area contributed by atoms with Crippen LogP contribution in [-0.2, 0) is 19.2 Å². The first-order chi connectivity index (χ1) is 13.9. The fourth-order valence-corrected chi connectivity index (χ4v) is 5.48. The SMILES string of the molecule is CC(C)CON=C1C[C@@H](O)[C@@H](O)[C@@H]2[C@H]3C(=O)N(C[C@@H]4CCCO4)C(=O)[C@@H]3CC[C@H]12. The summed E-state index contributed by atoms with van der Waals surface area (Å²) in [5.74, 6) is -1.76. The number of rotatable bonds is 5. The first-order valence-electron chi connectivity index (χ1n) is 10.9. The molecule has 2 aliphatic heterocycles. The van der Waals surface area contributed by atoms with Gasteiger partial charge in [-0.2, -0.15) is 0 Å². The van der Waals surface area contributed by atoms with Crippen molar-refractivity contribution >= 4 is 17.5 Å². The van der Waals surface area contributed by atoms with Gasteiger partial charge in [0.15, 0.2) is 0 Å². The molecule has 162 valence electrons. The van der Waals surface area contributed by atoms with Crippen molar-refractivity contribution in [3.05, 3.63) is 0 Å². The molecule has 8 nitrogen and oxygen atoms in total. The van der Waals surface area contributed by atoms with Crippen molar-refractivity contribution in [1.82, 2.24) is 4.90 Å². The van der Waals surface area contributed by atoms with Gasteiger partial charge in [-0.1, -0.05) is 19.0 Å². The van der Waals surface area contributed by atoms with Crippen molar-refractivity contribution in [1.29, 1.82) is 0 Å². The molecule has 8 heteroatoms. The Labute approximate surface area is 171 Å². The van der Waals surface area contributed by atoms with Gasteiger partial charge in [-0.25, -0.2) is 0 Å². The number of amides is 2. The predicted octanol–water partition coefficient (Wildman–Crippen LogP) is 0.947. The first kappa shape index (κ1) is 20.8. The lowest BCUT2D eigenvalue weighted by Crippen LogP contribution is -2.54. The van der Waals surface area contributed by atoms with Crippen molar-refractivity contribution < 1.29 is 29.4 Å². The maximum Gasteiger partial charge on any atom is 0.233 e. The third kappa shape index (κ3) is 3.82. The van der Waals surface area contributed by atoms with Gasteiger partial charge in [-0.15, -0.1) is 0 Å². The molecule has 0 spiro atoms. The number of imide groups is 1. The summed E-state index contributed by atoms with van der Waals surface area (Å²) in [5, 5.41) is 25.5. The van der Waals surface area contributed by atoms with Gasteiger partial charge in [0.1, 0.15) is 6.61 Å². The fourth-order valence-electron chi connectivity index (χ4n) is 5.48. The van der Waals surface area contributed by atoms with Crippen LogP contribution in [0.2, 0.25) is 0 Å². The van der Waals surface area contributed by atoms with Crippen LogP contribution in [-0.4, -0.2) is 70.7 Å². The molecule has 2 saturated heterocycles. The number of ether oxygens (including phenoxy) is 1. The van der Waals surface area contributed by atoms with E-state index in [9.17, 15) is 19.8 Å². The Balaban J connectivity index is 1.56. The van der Waals surface area contributed by atoms with Crippen molar-refractivity contribution in [3.8, 4) is 0 Å². The minimum Gasteiger partial charge on any atom is -0.396 e. The Morgan fingerprint density at radius 2 is 1.93 bits per heavy atom. The zero-order chi connectivity index (χ0) is 20.7. The average Bonchev–Trinajstić information content (AvgIpc) is 3.28. The number of hydrogen-bond donors (Lipinski definition) is 2. The van der Waals surface area contributed by atoms with E-state index in [1.54, 1.807) is 0 Å². The predicted molar refractivity (Wildman–Crippen MR) is 104 cm³/mol. The molecule has 0 radical (unpaired) electrons. The Morgan fingerprint density at radius 1 is 1.17 bits per heavy atom. The van der Waals surface area contributed by atoms with Gasteiger partial charge in [0.2, 0.25) is 11.8 Å². The van der Waals surface area contributed by atoms with E-state index in [1.165, 1.54) is 4.90 Å². The highest BCUT2D eigenvalue weighted by molar-refractivity contribution is 6.06. The van der Waals surface area contributed by atoms with Gasteiger partial charge in [-0.05, 0) is 31.6 Å². The molecule has 2 N–H and O–H groups in total. The Kier molecular flexibility index (Phi) is 5.95. The summed E-state index contributed by atoms with van der Waals surface area (Å²) in [6.45, 7) is 5.48. The minimum atomic E-state index is -1.05. The summed E-state index contributed by atoms with van der Waals surface area (Å²) in [4.78, 5) is 33.0. The van der Waals surface area contributed by atoms with Crippen molar-refractivity contribution in [2.24, 2.45) is 34.7 Å². The number of carbonyl (C=O) groups excluding carboxylic acids is 2. The maximum atomic E-state index is 13.2. The van der Waals surface area contributed by atoms with E-state index in [2.05, 4.69) is 5.16 Å². The minimum absolute atomic E-state index is 0.0951. The largest absolute Gasteiger partial charge is 0.396 e. The van der Waals surface area contributed by atoms with Gasteiger partial charge in [0.05, 0.1) is 42.4 Å². The second-order valence-electron chi connectivity index (χ2n) is 9.35. The van der Waals surface area contributed by atoms with Crippen LogP contribution in [0, 0.1) is 29.6 Å². The summed E-state index contributed by atoms with van der Waals surface area (Å²) in [6.07, 6.45) is 1.13. The van der Waals surface area contributed by atoms with Crippen molar-refractivity contribution in [2.75, 3.05) is 19.8 Å². The molecule has 2 amide bonds. The fraction of sp³-hybridized carbons (Fsp3) is 0.857. The summed E-state index contributed by atoms with van der Waals surface area (Å²) in [5.41, 5.74) is 0.699. The number of aliphatic hydroxyl groups excluding tert-OH is 2. The average molecular weight is 408 g/mol. The number of nitrogens with zero attached hydrogens (tertiary/aromatic N) is 2. The number of oxime groups is 1. The second-order valence-corrected chi connectivity index (χ2v) is 9.35. The van der Waals surface area contributed by atoms with Gasteiger partial charge in [0.25, 0.3) is 0 Å². The number of aliphatic hydroxyl groups is 2. The van der Waals surface area contributed by atoms with E-state index in [4.69, 9.17) is 9.57 Å². The molecule has 29 heavy (non-hydrogen) atoms. The molecular weight excluding hydrogens is 376 g/mol. The maximum absolute atomic E-state index is 13.2. The molecule has 4 fully saturated rings. The lowest BCUT2D eigenvalue weighted by atomic mass is 9.60. The molecule has 0 aromatic rings. The Hall–Kier alpha value is -1.51. The highest BCUT2D eigenvalue weighted by Gasteiger charge is 2.59. The molecule has 2 heterocycles. The normalized spacial score (nSPS) is 41.2. The van der Waals surface area contributed by atoms with Gasteiger partial charge < -0.3 is 19.8 Å². The van der Waals surface area contributed by atoms with Crippen molar-refractivity contribution in [3.63, 3.8) is 0 Å². The highest BCUT2D eigenvalue weighted by Crippen LogP contribution is 2.49. The van der Waals surface area contributed by atoms with E-state index in [0.29, 0.717) is 44.2 Å². The summed E-state index contributed by atoms with van der Waals surface area (Å²) < 4.78 is 5.62. The molecule has 0 unspecified atom stereocenters. The summed E-state index contributed by atoms with van der Waals surface area (Å²) >= 11 is 0. The van der Waals surface area contributed by atoms with Gasteiger partial charge in [0, 0.05) is 24.9 Å². The summed E-state index contributed by atoms with van der Waals surface area (Å²) in [6, 6.07) is 0. The van der Waals surface area contributed by atoms with E-state index in [-0.39, 0.29) is 30.3 Å². The molecule has 4 rings (SSSR count). The molecule has 2 saturated carbocycles. The number of likely N-dealkylation sites (tertiary alicyclic amines) is 1. The third-order valence-electron chi connectivity index (χ3n) is 6.87. The van der Waals surface area contributed by atoms with Crippen LogP contribution in [0.25, 0.3) is 0 Å². The van der Waals surface area contributed by atoms with Crippen LogP contribution in [0.5, 0.6) is 0 Å². The van der Waals surface area contributed by atoms with Crippen LogP contribution < -0.4 is 0 Å². The van der Waals surface area contributed by atoms with Crippen LogP contribution in [0.4, 0.5) is 0 Å². The van der Waals surface area contributed by atoms with Gasteiger partial charge >= 0.3 is 0 Å². The van der Waals surface area contributed by atoms with Crippen LogP contribution in [0.15, 0.2) is 5.16 Å². The van der Waals surface area contributed by atoms with E-state index in [0.717, 1.165) is 12.8 Å². The molecular formula is C21H32N2O6. The Morgan fingerprint density at radius 3 is 2.62 bits per heavy atom. The standard InChI is InChI=1S/C21H32N2O6/c1-11(2)10-29-22-15-8-16(24)19(25)17-13(15)5-6-14-18(17)21(27)23(20(14)26)9-12-4-3-7-28-12/h11-14,16-19,24-25H,3-10H2,1-2H3/t12-,13+,14+,16+,17-,18-,19+/m0/s1. The monoisotopic (exact) mass is 408 g/mol. The third-order valence-corrected chi connectivity index (χ3v) is 6.87. The molecule has 0 bridgehead atoms. The van der Waals surface area contributed by atoms with Crippen molar-refractivity contribution in [2.45, 2.75) is 64.3 Å². The number of fused-ring (bicyclic) bond motifs is 3. The zero-order valence-electron chi connectivity index (χ0n) is 17.2. The molecule has 4 aliphatic rings. The van der Waals surface area contributed by atoms with E-state index in [1.807, 2.05) is 13.8 Å². The Bertz CT molecular complexity index is 674. The number of hydrogen-bond acceptors (Lipinski definition) is 7. The second kappa shape index (κ2) is 8.32. The van der Waals surface area contributed by atoms with Gasteiger partial charge in [-0.3, -0.25) is 14.5 Å². The van der Waals surface area contributed by atoms with E-state index < -0.39 is 30.0 Å². The molecule has 7 atom stereocenters. The molecule has 0 aromatic heterocycles. The quantitative estimate of drug-likeness (QED) is 0.518. The lowest BCUT2D eigenvalue weighted by Gasteiger charge is -2.45. The first-order valence-corrected chi connectivity index (χ1v) is 10.9. The summed E-state index contributed by atoms with van der Waals surface area (Å²) in [7, 11) is 0. The lowest BCUT2D eigenvalue weighted by molar-refractivity contribution is -0.143. The smallest absolute Gasteiger partial charge is 0.233 e. The zero-order valence-corrected chi connectivity index (χ0v) is 17.2. The topological polar surface area (TPSA) is 109 Å². The number of carbonyl (C=O) groups is 2. The van der Waals surface area contributed by atoms with Crippen LogP contribution in [0.1, 0.15) is 46.0 Å².